The van der Waals surface area contributed by atoms with Crippen molar-refractivity contribution < 1.29 is 0 Å². The van der Waals surface area contributed by atoms with Gasteiger partial charge in [0.2, 0.25) is 0 Å². The summed E-state index contributed by atoms with van der Waals surface area (Å²) in [6.07, 6.45) is 4.06. The summed E-state index contributed by atoms with van der Waals surface area (Å²) in [6.45, 7) is 1.70. The Kier molecular flexibility index (Phi) is 4.51. The Morgan fingerprint density at radius 1 is 1.05 bits per heavy atom. The summed E-state index contributed by atoms with van der Waals surface area (Å²) in [5, 5.41) is 1.13. The molecule has 1 heterocycles. The molecule has 0 N–H and O–H groups in total. The number of likely N-dealkylation sites (N-methyl/N-ethyl adjacent to an activating group) is 1. The first-order chi connectivity index (χ1) is 10.6. The Balaban J connectivity index is 1.94. The minimum atomic E-state index is 0.562. The molecule has 4 heteroatoms. The number of nitrogens with zero attached hydrogens (tertiary/aromatic N) is 2. The molecule has 0 bridgehead atoms. The van der Waals surface area contributed by atoms with Gasteiger partial charge in [-0.3, -0.25) is 4.99 Å². The Hall–Kier alpha value is -1.77. The smallest absolute Gasteiger partial charge is 0.0668 e. The SMILES string of the molecule is CN1CCN=C(C=Cc2ccc(Cl)c(Cl)c2)c2ccccc21. The number of benzene rings is 2. The summed E-state index contributed by atoms with van der Waals surface area (Å²) >= 11 is 12.0. The second-order valence-electron chi connectivity index (χ2n) is 5.21. The molecule has 1 aliphatic heterocycles. The monoisotopic (exact) mass is 330 g/mol. The Labute approximate surface area is 140 Å². The predicted octanol–water partition coefficient (Wildman–Crippen LogP) is 4.95. The Morgan fingerprint density at radius 3 is 2.68 bits per heavy atom. The number of aliphatic imine (C=N–C) groups is 1. The van der Waals surface area contributed by atoms with Crippen molar-refractivity contribution in [1.82, 2.24) is 0 Å². The summed E-state index contributed by atoms with van der Waals surface area (Å²) in [7, 11) is 2.10. The lowest BCUT2D eigenvalue weighted by Crippen LogP contribution is -2.20. The quantitative estimate of drug-likeness (QED) is 0.760. The molecule has 0 saturated heterocycles. The van der Waals surface area contributed by atoms with E-state index in [9.17, 15) is 0 Å². The maximum absolute atomic E-state index is 6.06. The van der Waals surface area contributed by atoms with Crippen LogP contribution in [-0.4, -0.2) is 25.8 Å². The standard InChI is InChI=1S/C18H16Cl2N2/c1-22-11-10-21-17(14-4-2-3-5-18(14)22)9-7-13-6-8-15(19)16(20)12-13/h2-9,12H,10-11H2,1H3. The summed E-state index contributed by atoms with van der Waals surface area (Å²) in [5.41, 5.74) is 4.36. The fourth-order valence-corrected chi connectivity index (χ4v) is 2.79. The molecule has 2 nitrogen and oxygen atoms in total. The lowest BCUT2D eigenvalue weighted by Gasteiger charge is -2.18. The number of hydrogen-bond acceptors (Lipinski definition) is 2. The molecule has 1 aliphatic rings. The third kappa shape index (κ3) is 3.18. The zero-order valence-corrected chi connectivity index (χ0v) is 13.8. The lowest BCUT2D eigenvalue weighted by molar-refractivity contribution is 0.897. The van der Waals surface area contributed by atoms with Crippen LogP contribution in [0.5, 0.6) is 0 Å². The van der Waals surface area contributed by atoms with Crippen LogP contribution in [0.25, 0.3) is 6.08 Å². The van der Waals surface area contributed by atoms with E-state index in [0.717, 1.165) is 29.9 Å². The second kappa shape index (κ2) is 6.55. The minimum Gasteiger partial charge on any atom is -0.372 e. The number of para-hydroxylation sites is 1. The fourth-order valence-electron chi connectivity index (χ4n) is 2.48. The highest BCUT2D eigenvalue weighted by molar-refractivity contribution is 6.42. The first-order valence-electron chi connectivity index (χ1n) is 7.13. The van der Waals surface area contributed by atoms with Crippen LogP contribution in [0.4, 0.5) is 5.69 Å². The van der Waals surface area contributed by atoms with E-state index in [1.807, 2.05) is 30.4 Å². The summed E-state index contributed by atoms with van der Waals surface area (Å²) in [5.74, 6) is 0. The van der Waals surface area contributed by atoms with Crippen molar-refractivity contribution in [2.75, 3.05) is 25.0 Å². The molecule has 2 aromatic rings. The number of rotatable bonds is 2. The van der Waals surface area contributed by atoms with Gasteiger partial charge in [0, 0.05) is 24.8 Å². The van der Waals surface area contributed by atoms with E-state index in [-0.39, 0.29) is 0 Å². The van der Waals surface area contributed by atoms with Gasteiger partial charge in [0.15, 0.2) is 0 Å². The van der Waals surface area contributed by atoms with Crippen LogP contribution in [0.1, 0.15) is 11.1 Å². The van der Waals surface area contributed by atoms with E-state index in [1.165, 1.54) is 5.69 Å². The van der Waals surface area contributed by atoms with Crippen molar-refractivity contribution in [3.8, 4) is 0 Å². The van der Waals surface area contributed by atoms with Crippen molar-refractivity contribution in [3.63, 3.8) is 0 Å². The van der Waals surface area contributed by atoms with Gasteiger partial charge in [-0.25, -0.2) is 0 Å². The third-order valence-electron chi connectivity index (χ3n) is 3.69. The highest BCUT2D eigenvalue weighted by Gasteiger charge is 2.13. The molecule has 0 aromatic heterocycles. The molecule has 0 fully saturated rings. The Bertz CT molecular complexity index is 751. The van der Waals surface area contributed by atoms with Crippen molar-refractivity contribution in [1.29, 1.82) is 0 Å². The normalized spacial score (nSPS) is 14.7. The minimum absolute atomic E-state index is 0.562. The molecule has 0 radical (unpaired) electrons. The fraction of sp³-hybridized carbons (Fsp3) is 0.167. The van der Waals surface area contributed by atoms with Gasteiger partial charge < -0.3 is 4.90 Å². The van der Waals surface area contributed by atoms with Gasteiger partial charge in [-0.2, -0.15) is 0 Å². The first-order valence-corrected chi connectivity index (χ1v) is 7.89. The molecule has 22 heavy (non-hydrogen) atoms. The van der Waals surface area contributed by atoms with E-state index in [4.69, 9.17) is 28.2 Å². The van der Waals surface area contributed by atoms with Crippen molar-refractivity contribution in [3.05, 3.63) is 69.7 Å². The maximum Gasteiger partial charge on any atom is 0.0668 e. The van der Waals surface area contributed by atoms with Crippen LogP contribution in [-0.2, 0) is 0 Å². The van der Waals surface area contributed by atoms with Crippen LogP contribution in [0.2, 0.25) is 10.0 Å². The molecule has 3 rings (SSSR count). The molecule has 0 amide bonds. The average Bonchev–Trinajstić information content (AvgIpc) is 2.68. The highest BCUT2D eigenvalue weighted by Crippen LogP contribution is 2.25. The molecule has 112 valence electrons. The molecule has 2 aromatic carbocycles. The van der Waals surface area contributed by atoms with Gasteiger partial charge in [0.25, 0.3) is 0 Å². The van der Waals surface area contributed by atoms with Crippen molar-refractivity contribution in [2.45, 2.75) is 0 Å². The molecule has 0 spiro atoms. The van der Waals surface area contributed by atoms with E-state index in [0.29, 0.717) is 10.0 Å². The molecule has 0 saturated carbocycles. The maximum atomic E-state index is 6.06. The molecule has 0 aliphatic carbocycles. The molecule has 0 atom stereocenters. The van der Waals surface area contributed by atoms with Crippen LogP contribution in [0, 0.1) is 0 Å². The van der Waals surface area contributed by atoms with Crippen LogP contribution < -0.4 is 4.90 Å². The van der Waals surface area contributed by atoms with Crippen LogP contribution in [0.3, 0.4) is 0 Å². The molecular formula is C18H16Cl2N2. The number of allylic oxidation sites excluding steroid dienone is 1. The van der Waals surface area contributed by atoms with Gasteiger partial charge in [-0.05, 0) is 29.8 Å². The zero-order chi connectivity index (χ0) is 15.5. The largest absolute Gasteiger partial charge is 0.372 e. The Morgan fingerprint density at radius 2 is 1.86 bits per heavy atom. The molecular weight excluding hydrogens is 315 g/mol. The van der Waals surface area contributed by atoms with E-state index < -0.39 is 0 Å². The zero-order valence-electron chi connectivity index (χ0n) is 12.3. The number of hydrogen-bond donors (Lipinski definition) is 0. The predicted molar refractivity (Wildman–Crippen MR) is 96.6 cm³/mol. The summed E-state index contributed by atoms with van der Waals surface area (Å²) in [4.78, 5) is 6.93. The van der Waals surface area contributed by atoms with Crippen LogP contribution in [0.15, 0.2) is 53.5 Å². The number of anilines is 1. The highest BCUT2D eigenvalue weighted by atomic mass is 35.5. The third-order valence-corrected chi connectivity index (χ3v) is 4.43. The van der Waals surface area contributed by atoms with E-state index in [1.54, 1.807) is 6.07 Å². The lowest BCUT2D eigenvalue weighted by atomic mass is 10.1. The number of benzodiazepines with no additional fused rings is 1. The van der Waals surface area contributed by atoms with Crippen LogP contribution >= 0.6 is 23.2 Å². The number of fused-ring (bicyclic) bond motifs is 1. The average molecular weight is 331 g/mol. The van der Waals surface area contributed by atoms with Gasteiger partial charge in [-0.1, -0.05) is 53.5 Å². The van der Waals surface area contributed by atoms with Crippen molar-refractivity contribution >= 4 is 40.7 Å². The van der Waals surface area contributed by atoms with E-state index >= 15 is 0 Å². The molecule has 0 unspecified atom stereocenters. The van der Waals surface area contributed by atoms with Gasteiger partial charge in [0.1, 0.15) is 0 Å². The van der Waals surface area contributed by atoms with Crippen molar-refractivity contribution in [2.24, 2.45) is 4.99 Å². The second-order valence-corrected chi connectivity index (χ2v) is 6.03. The number of halogens is 2. The summed E-state index contributed by atoms with van der Waals surface area (Å²) in [6, 6.07) is 13.9. The van der Waals surface area contributed by atoms with Gasteiger partial charge in [-0.15, -0.1) is 0 Å². The first kappa shape index (κ1) is 15.1. The van der Waals surface area contributed by atoms with E-state index in [2.05, 4.69) is 30.1 Å². The van der Waals surface area contributed by atoms with Gasteiger partial charge in [0.05, 0.1) is 22.3 Å². The topological polar surface area (TPSA) is 15.6 Å². The summed E-state index contributed by atoms with van der Waals surface area (Å²) < 4.78 is 0. The van der Waals surface area contributed by atoms with Gasteiger partial charge >= 0.3 is 0 Å².